The molecule has 108 valence electrons. The zero-order valence-corrected chi connectivity index (χ0v) is 11.9. The number of nitrogens with zero attached hydrogens (tertiary/aromatic N) is 3. The molecule has 0 aliphatic heterocycles. The van der Waals surface area contributed by atoms with E-state index in [0.29, 0.717) is 6.61 Å². The largest absolute Gasteiger partial charge is 0.492 e. The highest BCUT2D eigenvalue weighted by molar-refractivity contribution is 5.57. The van der Waals surface area contributed by atoms with Gasteiger partial charge >= 0.3 is 0 Å². The number of hydrogen-bond donors (Lipinski definition) is 1. The average molecular weight is 282 g/mol. The van der Waals surface area contributed by atoms with Crippen molar-refractivity contribution in [3.8, 4) is 5.75 Å². The van der Waals surface area contributed by atoms with E-state index in [1.54, 1.807) is 18.6 Å². The Kier molecular flexibility index (Phi) is 3.83. The van der Waals surface area contributed by atoms with Gasteiger partial charge in [0, 0.05) is 18.0 Å². The van der Waals surface area contributed by atoms with E-state index in [1.165, 1.54) is 0 Å². The predicted octanol–water partition coefficient (Wildman–Crippen LogP) is 2.57. The zero-order chi connectivity index (χ0) is 14.7. The van der Waals surface area contributed by atoms with E-state index in [9.17, 15) is 0 Å². The van der Waals surface area contributed by atoms with Crippen molar-refractivity contribution in [3.63, 3.8) is 0 Å². The molecule has 3 aromatic heterocycles. The number of pyridine rings is 2. The van der Waals surface area contributed by atoms with Gasteiger partial charge in [-0.15, -0.1) is 0 Å². The second-order valence-electron chi connectivity index (χ2n) is 4.91. The minimum absolute atomic E-state index is 0.275. The number of rotatable bonds is 5. The molecule has 0 amide bonds. The highest BCUT2D eigenvalue weighted by atomic mass is 16.5. The van der Waals surface area contributed by atoms with Crippen molar-refractivity contribution in [1.82, 2.24) is 14.6 Å². The fourth-order valence-corrected chi connectivity index (χ4v) is 2.28. The Bertz CT molecular complexity index is 738. The molecule has 0 fully saturated rings. The highest BCUT2D eigenvalue weighted by Crippen LogP contribution is 2.25. The molecule has 21 heavy (non-hydrogen) atoms. The van der Waals surface area contributed by atoms with Crippen LogP contribution in [0.4, 0.5) is 0 Å². The molecule has 0 saturated carbocycles. The fraction of sp³-hybridized carbons (Fsp3) is 0.250. The Morgan fingerprint density at radius 2 is 2.19 bits per heavy atom. The summed E-state index contributed by atoms with van der Waals surface area (Å²) in [4.78, 5) is 4.22. The van der Waals surface area contributed by atoms with Gasteiger partial charge in [-0.25, -0.2) is 4.52 Å². The Morgan fingerprint density at radius 1 is 1.29 bits per heavy atom. The van der Waals surface area contributed by atoms with E-state index >= 15 is 0 Å². The lowest BCUT2D eigenvalue weighted by atomic mass is 10.0. The fourth-order valence-electron chi connectivity index (χ4n) is 2.28. The molecule has 1 unspecified atom stereocenters. The molecule has 3 aromatic rings. The van der Waals surface area contributed by atoms with Crippen LogP contribution in [0.5, 0.6) is 5.75 Å². The van der Waals surface area contributed by atoms with Crippen LogP contribution in [0.1, 0.15) is 30.5 Å². The first-order chi connectivity index (χ1) is 10.3. The van der Waals surface area contributed by atoms with Crippen LogP contribution >= 0.6 is 0 Å². The maximum atomic E-state index is 6.38. The van der Waals surface area contributed by atoms with E-state index in [2.05, 4.69) is 17.0 Å². The van der Waals surface area contributed by atoms with E-state index in [1.807, 2.05) is 35.0 Å². The van der Waals surface area contributed by atoms with Crippen molar-refractivity contribution < 1.29 is 4.74 Å². The summed E-state index contributed by atoms with van der Waals surface area (Å²) in [6.45, 7) is 2.75. The van der Waals surface area contributed by atoms with E-state index < -0.39 is 0 Å². The lowest BCUT2D eigenvalue weighted by Crippen LogP contribution is -2.12. The van der Waals surface area contributed by atoms with Gasteiger partial charge in [0.2, 0.25) is 0 Å². The SMILES string of the molecule is CCCOc1cncc(C(N)c2cnn3ccccc23)c1. The summed E-state index contributed by atoms with van der Waals surface area (Å²) >= 11 is 0. The third-order valence-electron chi connectivity index (χ3n) is 3.36. The van der Waals surface area contributed by atoms with E-state index in [4.69, 9.17) is 10.5 Å². The second-order valence-corrected chi connectivity index (χ2v) is 4.91. The Hall–Kier alpha value is -2.40. The average Bonchev–Trinajstić information content (AvgIpc) is 2.96. The van der Waals surface area contributed by atoms with Crippen LogP contribution in [0, 0.1) is 0 Å². The van der Waals surface area contributed by atoms with Gasteiger partial charge in [-0.1, -0.05) is 13.0 Å². The van der Waals surface area contributed by atoms with Crippen molar-refractivity contribution in [3.05, 3.63) is 60.2 Å². The molecule has 5 nitrogen and oxygen atoms in total. The third-order valence-corrected chi connectivity index (χ3v) is 3.36. The molecule has 0 aliphatic carbocycles. The van der Waals surface area contributed by atoms with E-state index in [-0.39, 0.29) is 6.04 Å². The van der Waals surface area contributed by atoms with Crippen molar-refractivity contribution in [2.45, 2.75) is 19.4 Å². The quantitative estimate of drug-likeness (QED) is 0.781. The van der Waals surface area contributed by atoms with Gasteiger partial charge in [0.15, 0.2) is 0 Å². The van der Waals surface area contributed by atoms with Gasteiger partial charge in [-0.2, -0.15) is 5.10 Å². The Labute approximate surface area is 123 Å². The minimum Gasteiger partial charge on any atom is -0.492 e. The van der Waals surface area contributed by atoms with Crippen molar-refractivity contribution in [2.75, 3.05) is 6.61 Å². The lowest BCUT2D eigenvalue weighted by molar-refractivity contribution is 0.315. The number of aromatic nitrogens is 3. The molecular weight excluding hydrogens is 264 g/mol. The monoisotopic (exact) mass is 282 g/mol. The van der Waals surface area contributed by atoms with Gasteiger partial charge in [0.25, 0.3) is 0 Å². The molecular formula is C16H18N4O. The third kappa shape index (κ3) is 2.73. The van der Waals surface area contributed by atoms with Crippen LogP contribution in [0.25, 0.3) is 5.52 Å². The Morgan fingerprint density at radius 3 is 3.05 bits per heavy atom. The summed E-state index contributed by atoms with van der Waals surface area (Å²) in [6.07, 6.45) is 8.16. The maximum Gasteiger partial charge on any atom is 0.137 e. The maximum absolute atomic E-state index is 6.38. The predicted molar refractivity (Wildman–Crippen MR) is 81.2 cm³/mol. The summed E-state index contributed by atoms with van der Waals surface area (Å²) in [5.41, 5.74) is 9.28. The smallest absolute Gasteiger partial charge is 0.137 e. The van der Waals surface area contributed by atoms with Crippen LogP contribution in [0.2, 0.25) is 0 Å². The molecule has 3 heterocycles. The molecule has 0 saturated heterocycles. The van der Waals surface area contributed by atoms with Gasteiger partial charge in [0.05, 0.1) is 30.6 Å². The minimum atomic E-state index is -0.275. The molecule has 5 heteroatoms. The molecule has 0 aromatic carbocycles. The summed E-state index contributed by atoms with van der Waals surface area (Å²) < 4.78 is 7.43. The number of hydrogen-bond acceptors (Lipinski definition) is 4. The number of nitrogens with two attached hydrogens (primary N) is 1. The second kappa shape index (κ2) is 5.93. The van der Waals surface area contributed by atoms with Crippen LogP contribution in [-0.4, -0.2) is 21.2 Å². The topological polar surface area (TPSA) is 65.4 Å². The molecule has 0 bridgehead atoms. The Balaban J connectivity index is 1.92. The summed E-state index contributed by atoms with van der Waals surface area (Å²) in [5.74, 6) is 0.751. The van der Waals surface area contributed by atoms with Crippen molar-refractivity contribution in [2.24, 2.45) is 5.73 Å². The summed E-state index contributed by atoms with van der Waals surface area (Å²) in [7, 11) is 0. The molecule has 0 spiro atoms. The summed E-state index contributed by atoms with van der Waals surface area (Å²) in [5, 5.41) is 4.32. The first kappa shape index (κ1) is 13.6. The summed E-state index contributed by atoms with van der Waals surface area (Å²) in [6, 6.07) is 7.59. The molecule has 0 radical (unpaired) electrons. The standard InChI is InChI=1S/C16H18N4O/c1-2-7-21-13-8-12(9-18-10-13)16(17)14-11-19-20-6-4-3-5-15(14)20/h3-6,8-11,16H,2,7,17H2,1H3. The van der Waals surface area contributed by atoms with Gasteiger partial charge in [0.1, 0.15) is 5.75 Å². The zero-order valence-electron chi connectivity index (χ0n) is 11.9. The van der Waals surface area contributed by atoms with Gasteiger partial charge in [-0.05, 0) is 30.2 Å². The van der Waals surface area contributed by atoms with E-state index in [0.717, 1.165) is 28.8 Å². The number of ether oxygens (including phenoxy) is 1. The van der Waals surface area contributed by atoms with Crippen LogP contribution in [0.3, 0.4) is 0 Å². The number of fused-ring (bicyclic) bond motifs is 1. The first-order valence-electron chi connectivity index (χ1n) is 7.05. The molecule has 0 aliphatic rings. The van der Waals surface area contributed by atoms with Gasteiger partial charge < -0.3 is 10.5 Å². The first-order valence-corrected chi connectivity index (χ1v) is 7.05. The molecule has 2 N–H and O–H groups in total. The molecule has 1 atom stereocenters. The van der Waals surface area contributed by atoms with Crippen LogP contribution in [-0.2, 0) is 0 Å². The normalized spacial score (nSPS) is 12.5. The van der Waals surface area contributed by atoms with Crippen molar-refractivity contribution in [1.29, 1.82) is 0 Å². The van der Waals surface area contributed by atoms with Crippen LogP contribution in [0.15, 0.2) is 49.1 Å². The van der Waals surface area contributed by atoms with Gasteiger partial charge in [-0.3, -0.25) is 4.98 Å². The highest BCUT2D eigenvalue weighted by Gasteiger charge is 2.15. The molecule has 3 rings (SSSR count). The van der Waals surface area contributed by atoms with Crippen LogP contribution < -0.4 is 10.5 Å². The lowest BCUT2D eigenvalue weighted by Gasteiger charge is -2.12. The van der Waals surface area contributed by atoms with Crippen molar-refractivity contribution >= 4 is 5.52 Å².